The van der Waals surface area contributed by atoms with Crippen LogP contribution >= 0.6 is 0 Å². The maximum Gasteiger partial charge on any atom is 0.255 e. The predicted molar refractivity (Wildman–Crippen MR) is 119 cm³/mol. The number of nitrogens with two attached hydrogens (primary N) is 1. The molecule has 4 heterocycles. The molecule has 0 saturated carbocycles. The van der Waals surface area contributed by atoms with Crippen LogP contribution in [0.2, 0.25) is 0 Å². The summed E-state index contributed by atoms with van der Waals surface area (Å²) < 4.78 is 5.85. The van der Waals surface area contributed by atoms with Crippen LogP contribution in [0, 0.1) is 10.8 Å². The van der Waals surface area contributed by atoms with Crippen molar-refractivity contribution < 1.29 is 19.7 Å². The number of nitrogens with one attached hydrogen (secondary N) is 6. The van der Waals surface area contributed by atoms with Crippen molar-refractivity contribution in [2.75, 3.05) is 19.7 Å². The van der Waals surface area contributed by atoms with Gasteiger partial charge >= 0.3 is 0 Å². The summed E-state index contributed by atoms with van der Waals surface area (Å²) >= 11 is 0. The smallest absolute Gasteiger partial charge is 0.255 e. The summed E-state index contributed by atoms with van der Waals surface area (Å²) in [7, 11) is 0. The first-order chi connectivity index (χ1) is 15.5. The van der Waals surface area contributed by atoms with Crippen molar-refractivity contribution >= 4 is 17.8 Å². The molecule has 178 valence electrons. The Labute approximate surface area is 190 Å². The van der Waals surface area contributed by atoms with E-state index >= 15 is 0 Å². The molecule has 3 saturated heterocycles. The molecule has 1 amide bonds. The van der Waals surface area contributed by atoms with Crippen molar-refractivity contribution in [3.8, 4) is 5.75 Å². The van der Waals surface area contributed by atoms with Gasteiger partial charge in [0, 0.05) is 18.7 Å². The largest absolute Gasteiger partial charge is 0.492 e. The molecule has 5 rings (SSSR count). The number of carbonyl (C=O) groups excluding carboxylic acids is 1. The highest BCUT2D eigenvalue weighted by atomic mass is 16.5. The van der Waals surface area contributed by atoms with Gasteiger partial charge in [-0.05, 0) is 17.9 Å². The lowest BCUT2D eigenvalue weighted by Crippen LogP contribution is -2.81. The Hall–Kier alpha value is -3.09. The lowest BCUT2D eigenvalue weighted by atomic mass is 9.79. The molecule has 12 heteroatoms. The number of carbonyl (C=O) groups is 1. The Morgan fingerprint density at radius 2 is 2.09 bits per heavy atom. The average Bonchev–Trinajstić information content (AvgIpc) is 3.22. The van der Waals surface area contributed by atoms with Crippen molar-refractivity contribution in [1.82, 2.24) is 26.2 Å². The number of guanidine groups is 2. The molecule has 3 unspecified atom stereocenters. The number of para-hydroxylation sites is 1. The van der Waals surface area contributed by atoms with Gasteiger partial charge < -0.3 is 46.9 Å². The molecular weight excluding hydrogens is 428 g/mol. The van der Waals surface area contributed by atoms with Crippen molar-refractivity contribution in [3.63, 3.8) is 0 Å². The third-order valence-electron chi connectivity index (χ3n) is 7.42. The van der Waals surface area contributed by atoms with Crippen LogP contribution < -0.4 is 31.7 Å². The fraction of sp³-hybridized carbons (Fsp3) is 0.571. The zero-order chi connectivity index (χ0) is 23.8. The van der Waals surface area contributed by atoms with E-state index in [9.17, 15) is 15.0 Å². The molecule has 10 N–H and O–H groups in total. The zero-order valence-electron chi connectivity index (χ0n) is 18.5. The number of fused-ring (bicyclic) bond motifs is 1. The molecular formula is C21H30N8O4. The number of rotatable bonds is 3. The Balaban J connectivity index is 1.49. The first-order valence-electron chi connectivity index (χ1n) is 11.0. The topological polar surface area (TPSA) is 192 Å². The molecule has 0 radical (unpaired) electrons. The number of benzene rings is 1. The number of amides is 1. The monoisotopic (exact) mass is 458 g/mol. The minimum atomic E-state index is -2.53. The predicted octanol–water partition coefficient (Wildman–Crippen LogP) is -2.10. The third-order valence-corrected chi connectivity index (χ3v) is 7.42. The van der Waals surface area contributed by atoms with Crippen molar-refractivity contribution in [1.29, 1.82) is 10.8 Å². The van der Waals surface area contributed by atoms with Gasteiger partial charge in [-0.15, -0.1) is 0 Å². The highest BCUT2D eigenvalue weighted by Crippen LogP contribution is 2.44. The van der Waals surface area contributed by atoms with Crippen LogP contribution in [0.3, 0.4) is 0 Å². The zero-order valence-corrected chi connectivity index (χ0v) is 18.5. The highest BCUT2D eigenvalue weighted by molar-refractivity contribution is 5.98. The van der Waals surface area contributed by atoms with Gasteiger partial charge in [0.15, 0.2) is 17.6 Å². The SMILES string of the molecule is CC1(C)CCOc2c(C(=O)NC3CN4C(=N)NC(CN)[C@@H]5NC(=N)NC54C3(O)O)cccc21. The molecule has 1 aromatic rings. The van der Waals surface area contributed by atoms with Crippen molar-refractivity contribution in [2.45, 2.75) is 55.3 Å². The van der Waals surface area contributed by atoms with Gasteiger partial charge in [-0.3, -0.25) is 15.6 Å². The molecule has 0 aliphatic carbocycles. The van der Waals surface area contributed by atoms with E-state index in [1.54, 1.807) is 12.1 Å². The van der Waals surface area contributed by atoms with Gasteiger partial charge in [0.2, 0.25) is 5.79 Å². The molecule has 0 bridgehead atoms. The molecule has 1 aromatic carbocycles. The summed E-state index contributed by atoms with van der Waals surface area (Å²) in [5, 5.41) is 50.6. The Bertz CT molecular complexity index is 1040. The van der Waals surface area contributed by atoms with E-state index in [0.717, 1.165) is 12.0 Å². The van der Waals surface area contributed by atoms with Gasteiger partial charge in [-0.2, -0.15) is 0 Å². The summed E-state index contributed by atoms with van der Waals surface area (Å²) in [5.41, 5.74) is 5.29. The Kier molecular flexibility index (Phi) is 4.58. The second-order valence-corrected chi connectivity index (χ2v) is 9.75. The van der Waals surface area contributed by atoms with Gasteiger partial charge in [0.25, 0.3) is 5.91 Å². The van der Waals surface area contributed by atoms with E-state index in [-0.39, 0.29) is 30.4 Å². The summed E-state index contributed by atoms with van der Waals surface area (Å²) in [4.78, 5) is 14.8. The van der Waals surface area contributed by atoms with E-state index in [1.165, 1.54) is 4.90 Å². The molecule has 1 spiro atoms. The quantitative estimate of drug-likeness (QED) is 0.228. The molecule has 3 fully saturated rings. The number of ether oxygens (including phenoxy) is 1. The average molecular weight is 459 g/mol. The van der Waals surface area contributed by atoms with E-state index < -0.39 is 35.5 Å². The van der Waals surface area contributed by atoms with Crippen LogP contribution in [0.15, 0.2) is 18.2 Å². The second kappa shape index (κ2) is 6.95. The Morgan fingerprint density at radius 3 is 2.82 bits per heavy atom. The first-order valence-corrected chi connectivity index (χ1v) is 11.0. The van der Waals surface area contributed by atoms with Crippen LogP contribution in [0.25, 0.3) is 0 Å². The maximum atomic E-state index is 13.3. The van der Waals surface area contributed by atoms with Crippen LogP contribution in [0.4, 0.5) is 0 Å². The molecule has 33 heavy (non-hydrogen) atoms. The maximum absolute atomic E-state index is 13.3. The summed E-state index contributed by atoms with van der Waals surface area (Å²) in [6.07, 6.45) is 0.824. The normalized spacial score (nSPS) is 33.0. The number of hydrogen-bond donors (Lipinski definition) is 9. The number of hydrogen-bond acceptors (Lipinski definition) is 7. The van der Waals surface area contributed by atoms with Crippen LogP contribution in [-0.4, -0.2) is 82.2 Å². The van der Waals surface area contributed by atoms with E-state index in [2.05, 4.69) is 35.1 Å². The van der Waals surface area contributed by atoms with Gasteiger partial charge in [-0.25, -0.2) is 0 Å². The third kappa shape index (κ3) is 2.84. The van der Waals surface area contributed by atoms with Crippen molar-refractivity contribution in [3.05, 3.63) is 29.3 Å². The van der Waals surface area contributed by atoms with Gasteiger partial charge in [-0.1, -0.05) is 26.0 Å². The minimum absolute atomic E-state index is 0.0678. The van der Waals surface area contributed by atoms with Gasteiger partial charge in [0.1, 0.15) is 11.8 Å². The van der Waals surface area contributed by atoms with Crippen molar-refractivity contribution in [2.24, 2.45) is 5.73 Å². The number of aliphatic hydroxyl groups is 2. The Morgan fingerprint density at radius 1 is 1.33 bits per heavy atom. The fourth-order valence-electron chi connectivity index (χ4n) is 5.56. The van der Waals surface area contributed by atoms with E-state index in [1.807, 2.05) is 6.07 Å². The highest BCUT2D eigenvalue weighted by Gasteiger charge is 2.74. The summed E-state index contributed by atoms with van der Waals surface area (Å²) in [6, 6.07) is 2.95. The fourth-order valence-corrected chi connectivity index (χ4v) is 5.56. The summed E-state index contributed by atoms with van der Waals surface area (Å²) in [6.45, 7) is 4.70. The van der Waals surface area contributed by atoms with E-state index in [4.69, 9.17) is 21.3 Å². The second-order valence-electron chi connectivity index (χ2n) is 9.75. The molecule has 0 aromatic heterocycles. The van der Waals surface area contributed by atoms with Crippen LogP contribution in [0.5, 0.6) is 5.75 Å². The minimum Gasteiger partial charge on any atom is -0.492 e. The van der Waals surface area contributed by atoms with Crippen LogP contribution in [0.1, 0.15) is 36.2 Å². The lowest BCUT2D eigenvalue weighted by molar-refractivity contribution is -0.232. The van der Waals surface area contributed by atoms with Gasteiger partial charge in [0.05, 0.1) is 24.3 Å². The van der Waals surface area contributed by atoms with Crippen LogP contribution in [-0.2, 0) is 5.41 Å². The first kappa shape index (κ1) is 21.7. The standard InChI is InChI=1S/C21H30N8O4/c1-19(2)6-7-33-14-10(4-3-5-11(14)19)16(30)26-13-9-29-18(24)25-12(8-22)15-20(29,21(13,31)32)28-17(23)27-15/h3-5,12-13,15,31-32H,6-9,22H2,1-2H3,(H2,24,25)(H,26,30)(H3,23,27,28)/t12?,13?,15-,20?/m0/s1. The molecule has 12 nitrogen and oxygen atoms in total. The van der Waals surface area contributed by atoms with E-state index in [0.29, 0.717) is 17.9 Å². The molecule has 4 atom stereocenters. The molecule has 4 aliphatic heterocycles. The molecule has 4 aliphatic rings. The lowest BCUT2D eigenvalue weighted by Gasteiger charge is -2.51. The number of nitrogens with zero attached hydrogens (tertiary/aromatic N) is 1. The summed E-state index contributed by atoms with van der Waals surface area (Å²) in [5.74, 6) is -2.73.